The van der Waals surface area contributed by atoms with E-state index in [1.807, 2.05) is 0 Å². The topological polar surface area (TPSA) is 29.5 Å². The predicted octanol–water partition coefficient (Wildman–Crippen LogP) is 3.81. The summed E-state index contributed by atoms with van der Waals surface area (Å²) in [4.78, 5) is 13.5. The molecular weight excluding hydrogens is 332 g/mol. The average molecular weight is 350 g/mol. The number of hydrogen-bond donors (Lipinski definition) is 0. The van der Waals surface area contributed by atoms with Gasteiger partial charge in [-0.3, -0.25) is 4.79 Å². The van der Waals surface area contributed by atoms with Crippen LogP contribution in [-0.2, 0) is 11.3 Å². The third-order valence-electron chi connectivity index (χ3n) is 2.77. The van der Waals surface area contributed by atoms with Gasteiger partial charge >= 0.3 is 6.61 Å². The van der Waals surface area contributed by atoms with Crippen LogP contribution < -0.4 is 4.74 Å². The Morgan fingerprint density at radius 2 is 1.95 bits per heavy atom. The quantitative estimate of drug-likeness (QED) is 0.527. The summed E-state index contributed by atoms with van der Waals surface area (Å²) in [6.45, 7) is -2.36. The normalized spacial score (nSPS) is 10.7. The molecule has 0 bridgehead atoms. The van der Waals surface area contributed by atoms with E-state index in [9.17, 15) is 13.6 Å². The Hall–Kier alpha value is -1.17. The molecule has 0 aliphatic rings. The molecule has 0 aliphatic heterocycles. The highest BCUT2D eigenvalue weighted by Crippen LogP contribution is 2.16. The first-order chi connectivity index (χ1) is 9.52. The Kier molecular flexibility index (Phi) is 7.51. The zero-order chi connectivity index (χ0) is 15.0. The lowest BCUT2D eigenvalue weighted by Crippen LogP contribution is -2.25. The van der Waals surface area contributed by atoms with E-state index < -0.39 is 6.61 Å². The maximum atomic E-state index is 12.0. The zero-order valence-corrected chi connectivity index (χ0v) is 12.9. The molecule has 0 heterocycles. The van der Waals surface area contributed by atoms with Crippen LogP contribution in [0.3, 0.4) is 0 Å². The second-order valence-corrected chi connectivity index (χ2v) is 5.21. The number of rotatable bonds is 8. The first-order valence-electron chi connectivity index (χ1n) is 6.36. The van der Waals surface area contributed by atoms with Gasteiger partial charge in [0.25, 0.3) is 0 Å². The molecule has 0 N–H and O–H groups in total. The number of benzene rings is 1. The van der Waals surface area contributed by atoms with E-state index in [0.717, 1.165) is 23.7 Å². The zero-order valence-electron chi connectivity index (χ0n) is 11.3. The minimum atomic E-state index is -2.82. The number of ether oxygens (including phenoxy) is 1. The molecule has 0 atom stereocenters. The summed E-state index contributed by atoms with van der Waals surface area (Å²) in [5.74, 6) is 0.203. The van der Waals surface area contributed by atoms with Gasteiger partial charge in [0.1, 0.15) is 5.75 Å². The Bertz CT molecular complexity index is 412. The molecule has 1 aromatic rings. The molecule has 0 unspecified atom stereocenters. The molecule has 3 nitrogen and oxygen atoms in total. The van der Waals surface area contributed by atoms with Crippen LogP contribution in [0.5, 0.6) is 5.75 Å². The molecule has 0 aromatic heterocycles. The van der Waals surface area contributed by atoms with Gasteiger partial charge in [-0.15, -0.1) is 0 Å². The van der Waals surface area contributed by atoms with Crippen LogP contribution in [0.4, 0.5) is 8.78 Å². The summed E-state index contributed by atoms with van der Waals surface area (Å²) in [5, 5.41) is 0.898. The first kappa shape index (κ1) is 16.9. The Labute approximate surface area is 126 Å². The maximum absolute atomic E-state index is 12.0. The highest BCUT2D eigenvalue weighted by atomic mass is 79.9. The van der Waals surface area contributed by atoms with Crippen LogP contribution >= 0.6 is 15.9 Å². The highest BCUT2D eigenvalue weighted by Gasteiger charge is 2.09. The molecule has 0 fully saturated rings. The van der Waals surface area contributed by atoms with Crippen molar-refractivity contribution in [3.63, 3.8) is 0 Å². The van der Waals surface area contributed by atoms with E-state index >= 15 is 0 Å². The number of carbonyl (C=O) groups is 1. The summed E-state index contributed by atoms with van der Waals surface area (Å²) in [6.07, 6.45) is 2.35. The maximum Gasteiger partial charge on any atom is 0.387 e. The largest absolute Gasteiger partial charge is 0.435 e. The molecule has 0 saturated carbocycles. The molecule has 112 valence electrons. The van der Waals surface area contributed by atoms with Crippen LogP contribution in [0.2, 0.25) is 0 Å². The van der Waals surface area contributed by atoms with Gasteiger partial charge in [-0.1, -0.05) is 28.1 Å². The fraction of sp³-hybridized carbons (Fsp3) is 0.500. The molecule has 6 heteroatoms. The van der Waals surface area contributed by atoms with Crippen molar-refractivity contribution >= 4 is 21.8 Å². The van der Waals surface area contributed by atoms with Gasteiger partial charge in [0.05, 0.1) is 0 Å². The fourth-order valence-corrected chi connectivity index (χ4v) is 2.10. The Balaban J connectivity index is 2.45. The summed E-state index contributed by atoms with van der Waals surface area (Å²) in [7, 11) is 1.74. The lowest BCUT2D eigenvalue weighted by atomic mass is 10.2. The average Bonchev–Trinajstić information content (AvgIpc) is 2.40. The van der Waals surface area contributed by atoms with Crippen LogP contribution in [0.1, 0.15) is 24.8 Å². The second kappa shape index (κ2) is 8.89. The van der Waals surface area contributed by atoms with Crippen LogP contribution in [-0.4, -0.2) is 29.8 Å². The predicted molar refractivity (Wildman–Crippen MR) is 77.2 cm³/mol. The van der Waals surface area contributed by atoms with Crippen molar-refractivity contribution in [3.8, 4) is 5.75 Å². The van der Waals surface area contributed by atoms with E-state index in [1.54, 1.807) is 24.1 Å². The third kappa shape index (κ3) is 6.32. The van der Waals surface area contributed by atoms with Gasteiger partial charge in [0.15, 0.2) is 0 Å². The number of unbranched alkanes of at least 4 members (excludes halogenated alkanes) is 1. The number of alkyl halides is 3. The first-order valence-corrected chi connectivity index (χ1v) is 7.48. The highest BCUT2D eigenvalue weighted by molar-refractivity contribution is 9.09. The minimum Gasteiger partial charge on any atom is -0.435 e. The van der Waals surface area contributed by atoms with Crippen molar-refractivity contribution < 1.29 is 18.3 Å². The number of nitrogens with zero attached hydrogens (tertiary/aromatic N) is 1. The van der Waals surface area contributed by atoms with Crippen molar-refractivity contribution in [1.29, 1.82) is 0 Å². The van der Waals surface area contributed by atoms with Crippen molar-refractivity contribution in [1.82, 2.24) is 4.90 Å². The van der Waals surface area contributed by atoms with Gasteiger partial charge in [-0.25, -0.2) is 0 Å². The molecule has 0 aliphatic carbocycles. The van der Waals surface area contributed by atoms with Crippen LogP contribution in [0, 0.1) is 0 Å². The summed E-state index contributed by atoms with van der Waals surface area (Å²) >= 11 is 3.32. The molecule has 1 rings (SSSR count). The van der Waals surface area contributed by atoms with E-state index in [4.69, 9.17) is 0 Å². The van der Waals surface area contributed by atoms with Crippen molar-refractivity contribution in [2.24, 2.45) is 0 Å². The number of carbonyl (C=O) groups excluding carboxylic acids is 1. The Morgan fingerprint density at radius 1 is 1.30 bits per heavy atom. The SMILES string of the molecule is CN(Cc1ccc(OC(F)F)cc1)C(=O)CCCCBr. The molecular formula is C14H18BrF2NO2. The fourth-order valence-electron chi connectivity index (χ4n) is 1.70. The number of amides is 1. The molecule has 0 radical (unpaired) electrons. The lowest BCUT2D eigenvalue weighted by molar-refractivity contribution is -0.130. The summed E-state index contributed by atoms with van der Waals surface area (Å²) < 4.78 is 28.3. The van der Waals surface area contributed by atoms with Gasteiger partial charge in [-0.2, -0.15) is 8.78 Å². The van der Waals surface area contributed by atoms with Gasteiger partial charge < -0.3 is 9.64 Å². The molecule has 0 spiro atoms. The van der Waals surface area contributed by atoms with Gasteiger partial charge in [-0.05, 0) is 30.5 Å². The smallest absolute Gasteiger partial charge is 0.387 e. The minimum absolute atomic E-state index is 0.0823. The van der Waals surface area contributed by atoms with E-state index in [2.05, 4.69) is 20.7 Å². The standard InChI is InChI=1S/C14H18BrF2NO2/c1-18(13(19)4-2-3-9-15)10-11-5-7-12(8-6-11)20-14(16)17/h5-8,14H,2-4,9-10H2,1H3. The monoisotopic (exact) mass is 349 g/mol. The third-order valence-corrected chi connectivity index (χ3v) is 3.33. The van der Waals surface area contributed by atoms with Crippen molar-refractivity contribution in [3.05, 3.63) is 29.8 Å². The van der Waals surface area contributed by atoms with Crippen LogP contribution in [0.25, 0.3) is 0 Å². The van der Waals surface area contributed by atoms with Gasteiger partial charge in [0.2, 0.25) is 5.91 Å². The molecule has 1 amide bonds. The van der Waals surface area contributed by atoms with Crippen LogP contribution in [0.15, 0.2) is 24.3 Å². The molecule has 0 saturated heterocycles. The Morgan fingerprint density at radius 3 is 2.50 bits per heavy atom. The van der Waals surface area contributed by atoms with E-state index in [1.165, 1.54) is 12.1 Å². The van der Waals surface area contributed by atoms with Crippen molar-refractivity contribution in [2.75, 3.05) is 12.4 Å². The molecule has 20 heavy (non-hydrogen) atoms. The lowest BCUT2D eigenvalue weighted by Gasteiger charge is -2.17. The number of hydrogen-bond acceptors (Lipinski definition) is 2. The molecule has 1 aromatic carbocycles. The van der Waals surface area contributed by atoms with Crippen molar-refractivity contribution in [2.45, 2.75) is 32.4 Å². The van der Waals surface area contributed by atoms with E-state index in [-0.39, 0.29) is 11.7 Å². The summed E-state index contributed by atoms with van der Waals surface area (Å²) in [6, 6.07) is 6.31. The summed E-state index contributed by atoms with van der Waals surface area (Å²) in [5.41, 5.74) is 0.878. The van der Waals surface area contributed by atoms with Gasteiger partial charge in [0, 0.05) is 25.3 Å². The number of halogens is 3. The second-order valence-electron chi connectivity index (χ2n) is 4.42. The van der Waals surface area contributed by atoms with E-state index in [0.29, 0.717) is 13.0 Å².